The summed E-state index contributed by atoms with van der Waals surface area (Å²) in [6.45, 7) is 7.09. The van der Waals surface area contributed by atoms with E-state index in [-0.39, 0.29) is 11.3 Å². The number of rotatable bonds is 5. The number of carbonyl (C=O) groups is 1. The molecule has 4 nitrogen and oxygen atoms in total. The quantitative estimate of drug-likeness (QED) is 0.641. The molecule has 16 heavy (non-hydrogen) atoms. The third-order valence-electron chi connectivity index (χ3n) is 3.44. The smallest absolute Gasteiger partial charge is 0.221 e. The van der Waals surface area contributed by atoms with Crippen LogP contribution < -0.4 is 16.0 Å². The lowest BCUT2D eigenvalue weighted by atomic mass is 9.77. The number of carbonyl (C=O) groups excluding carboxylic acids is 1. The van der Waals surface area contributed by atoms with E-state index < -0.39 is 0 Å². The minimum absolute atomic E-state index is 0.137. The first-order valence-corrected chi connectivity index (χ1v) is 6.21. The molecule has 1 atom stereocenters. The molecule has 1 unspecified atom stereocenters. The summed E-state index contributed by atoms with van der Waals surface area (Å²) in [6.07, 6.45) is 3.03. The van der Waals surface area contributed by atoms with Crippen molar-refractivity contribution in [2.45, 2.75) is 39.2 Å². The third-order valence-corrected chi connectivity index (χ3v) is 3.44. The molecule has 1 fully saturated rings. The SMILES string of the molecule is CNCCC(=O)NCC1NCCCC1(C)C. The largest absolute Gasteiger partial charge is 0.354 e. The summed E-state index contributed by atoms with van der Waals surface area (Å²) < 4.78 is 0. The molecule has 0 radical (unpaired) electrons. The molecule has 1 rings (SSSR count). The monoisotopic (exact) mass is 227 g/mol. The second-order valence-corrected chi connectivity index (χ2v) is 5.26. The van der Waals surface area contributed by atoms with E-state index in [2.05, 4.69) is 29.8 Å². The van der Waals surface area contributed by atoms with Crippen molar-refractivity contribution in [1.82, 2.24) is 16.0 Å². The van der Waals surface area contributed by atoms with E-state index in [1.807, 2.05) is 7.05 Å². The van der Waals surface area contributed by atoms with Gasteiger partial charge in [-0.15, -0.1) is 0 Å². The highest BCUT2D eigenvalue weighted by Crippen LogP contribution is 2.29. The van der Waals surface area contributed by atoms with Crippen LogP contribution in [-0.4, -0.2) is 38.6 Å². The minimum Gasteiger partial charge on any atom is -0.354 e. The van der Waals surface area contributed by atoms with E-state index in [9.17, 15) is 4.79 Å². The van der Waals surface area contributed by atoms with Crippen LogP contribution in [0.3, 0.4) is 0 Å². The van der Waals surface area contributed by atoms with Crippen molar-refractivity contribution in [3.8, 4) is 0 Å². The van der Waals surface area contributed by atoms with E-state index in [1.54, 1.807) is 0 Å². The van der Waals surface area contributed by atoms with Crippen molar-refractivity contribution in [3.05, 3.63) is 0 Å². The van der Waals surface area contributed by atoms with Crippen molar-refractivity contribution in [2.75, 3.05) is 26.7 Å². The summed E-state index contributed by atoms with van der Waals surface area (Å²) >= 11 is 0. The highest BCUT2D eigenvalue weighted by Gasteiger charge is 2.31. The number of hydrogen-bond donors (Lipinski definition) is 3. The summed E-state index contributed by atoms with van der Waals surface area (Å²) in [7, 11) is 1.86. The van der Waals surface area contributed by atoms with Crippen molar-refractivity contribution in [2.24, 2.45) is 5.41 Å². The van der Waals surface area contributed by atoms with Gasteiger partial charge in [0.25, 0.3) is 0 Å². The molecule has 0 spiro atoms. The van der Waals surface area contributed by atoms with Crippen LogP contribution >= 0.6 is 0 Å². The molecule has 1 aliphatic rings. The van der Waals surface area contributed by atoms with Crippen LogP contribution in [-0.2, 0) is 4.79 Å². The van der Waals surface area contributed by atoms with Crippen LogP contribution in [0.1, 0.15) is 33.1 Å². The first-order valence-electron chi connectivity index (χ1n) is 6.21. The third kappa shape index (κ3) is 4.10. The molecule has 3 N–H and O–H groups in total. The van der Waals surface area contributed by atoms with Gasteiger partial charge in [0, 0.05) is 25.6 Å². The van der Waals surface area contributed by atoms with E-state index in [0.29, 0.717) is 12.5 Å². The first kappa shape index (κ1) is 13.5. The Balaban J connectivity index is 2.27. The molecule has 1 heterocycles. The van der Waals surface area contributed by atoms with Crippen LogP contribution in [0.5, 0.6) is 0 Å². The Morgan fingerprint density at radius 1 is 1.50 bits per heavy atom. The fraction of sp³-hybridized carbons (Fsp3) is 0.917. The summed E-state index contributed by atoms with van der Waals surface area (Å²) in [4.78, 5) is 11.5. The van der Waals surface area contributed by atoms with Crippen molar-refractivity contribution >= 4 is 5.91 Å². The summed E-state index contributed by atoms with van der Waals surface area (Å²) in [5, 5.41) is 9.47. The maximum absolute atomic E-state index is 11.5. The van der Waals surface area contributed by atoms with Crippen LogP contribution in [0.2, 0.25) is 0 Å². The lowest BCUT2D eigenvalue weighted by Gasteiger charge is -2.39. The molecular formula is C12H25N3O. The summed E-state index contributed by atoms with van der Waals surface area (Å²) in [5.74, 6) is 0.137. The topological polar surface area (TPSA) is 53.2 Å². The molecular weight excluding hydrogens is 202 g/mol. The Hall–Kier alpha value is -0.610. The normalized spacial score (nSPS) is 24.1. The number of amides is 1. The Morgan fingerprint density at radius 2 is 2.25 bits per heavy atom. The summed E-state index contributed by atoms with van der Waals surface area (Å²) in [6, 6.07) is 0.403. The van der Waals surface area contributed by atoms with Gasteiger partial charge in [0.2, 0.25) is 5.91 Å². The predicted molar refractivity (Wildman–Crippen MR) is 66.4 cm³/mol. The molecule has 0 aliphatic carbocycles. The molecule has 1 saturated heterocycles. The van der Waals surface area contributed by atoms with Gasteiger partial charge in [-0.3, -0.25) is 4.79 Å². The zero-order chi connectivity index (χ0) is 12.0. The molecule has 0 aromatic rings. The van der Waals surface area contributed by atoms with E-state index >= 15 is 0 Å². The Kier molecular flexibility index (Phi) is 5.22. The molecule has 0 saturated carbocycles. The fourth-order valence-electron chi connectivity index (χ4n) is 2.16. The van der Waals surface area contributed by atoms with Gasteiger partial charge >= 0.3 is 0 Å². The van der Waals surface area contributed by atoms with Crippen LogP contribution in [0.25, 0.3) is 0 Å². The van der Waals surface area contributed by atoms with E-state index in [1.165, 1.54) is 12.8 Å². The highest BCUT2D eigenvalue weighted by molar-refractivity contribution is 5.76. The van der Waals surface area contributed by atoms with Gasteiger partial charge in [-0.2, -0.15) is 0 Å². The molecule has 1 aliphatic heterocycles. The maximum Gasteiger partial charge on any atom is 0.221 e. The molecule has 0 aromatic heterocycles. The molecule has 0 bridgehead atoms. The minimum atomic E-state index is 0.137. The fourth-order valence-corrected chi connectivity index (χ4v) is 2.16. The van der Waals surface area contributed by atoms with Crippen molar-refractivity contribution in [3.63, 3.8) is 0 Å². The van der Waals surface area contributed by atoms with Gasteiger partial charge < -0.3 is 16.0 Å². The first-order chi connectivity index (χ1) is 7.56. The van der Waals surface area contributed by atoms with Gasteiger partial charge in [0.05, 0.1) is 0 Å². The number of piperidine rings is 1. The van der Waals surface area contributed by atoms with Crippen LogP contribution in [0, 0.1) is 5.41 Å². The average Bonchev–Trinajstić information content (AvgIpc) is 2.24. The Bertz CT molecular complexity index is 228. The number of hydrogen-bond acceptors (Lipinski definition) is 3. The molecule has 0 aromatic carbocycles. The van der Waals surface area contributed by atoms with Crippen molar-refractivity contribution in [1.29, 1.82) is 0 Å². The maximum atomic E-state index is 11.5. The Morgan fingerprint density at radius 3 is 2.88 bits per heavy atom. The van der Waals surface area contributed by atoms with E-state index in [4.69, 9.17) is 0 Å². The summed E-state index contributed by atoms with van der Waals surface area (Å²) in [5.41, 5.74) is 0.286. The predicted octanol–water partition coefficient (Wildman–Crippen LogP) is 0.490. The van der Waals surface area contributed by atoms with Crippen LogP contribution in [0.4, 0.5) is 0 Å². The zero-order valence-corrected chi connectivity index (χ0v) is 10.7. The second kappa shape index (κ2) is 6.21. The van der Waals surface area contributed by atoms with Gasteiger partial charge in [0.1, 0.15) is 0 Å². The van der Waals surface area contributed by atoms with Gasteiger partial charge in [0.15, 0.2) is 0 Å². The lowest BCUT2D eigenvalue weighted by Crippen LogP contribution is -2.52. The molecule has 1 amide bonds. The highest BCUT2D eigenvalue weighted by atomic mass is 16.1. The van der Waals surface area contributed by atoms with Gasteiger partial charge in [-0.25, -0.2) is 0 Å². The molecule has 4 heteroatoms. The van der Waals surface area contributed by atoms with Crippen LogP contribution in [0.15, 0.2) is 0 Å². The standard InChI is InChI=1S/C12H25N3O/c1-12(2)6-4-7-14-10(12)9-15-11(16)5-8-13-3/h10,13-14H,4-9H2,1-3H3,(H,15,16). The zero-order valence-electron chi connectivity index (χ0n) is 10.7. The average molecular weight is 227 g/mol. The van der Waals surface area contributed by atoms with Crippen molar-refractivity contribution < 1.29 is 4.79 Å². The number of nitrogens with one attached hydrogen (secondary N) is 3. The van der Waals surface area contributed by atoms with Gasteiger partial charge in [-0.05, 0) is 31.8 Å². The Labute approximate surface area is 98.6 Å². The van der Waals surface area contributed by atoms with Gasteiger partial charge in [-0.1, -0.05) is 13.8 Å². The second-order valence-electron chi connectivity index (χ2n) is 5.26. The lowest BCUT2D eigenvalue weighted by molar-refractivity contribution is -0.121. The molecule has 94 valence electrons. The van der Waals surface area contributed by atoms with E-state index in [0.717, 1.165) is 19.6 Å².